The number of fused-ring (bicyclic) bond motifs is 1. The Kier molecular flexibility index (Phi) is 6.53. The number of anilines is 2. The van der Waals surface area contributed by atoms with E-state index in [1.165, 1.54) is 11.3 Å². The van der Waals surface area contributed by atoms with Crippen molar-refractivity contribution in [2.45, 2.75) is 19.4 Å². The Morgan fingerprint density at radius 2 is 1.87 bits per heavy atom. The predicted molar refractivity (Wildman–Crippen MR) is 121 cm³/mol. The molecule has 0 saturated carbocycles. The molecule has 2 N–H and O–H groups in total. The first-order valence-electron chi connectivity index (χ1n) is 10.8. The summed E-state index contributed by atoms with van der Waals surface area (Å²) in [6, 6.07) is 13.9. The molecule has 7 heteroatoms. The molecule has 1 saturated heterocycles. The highest BCUT2D eigenvalue weighted by Gasteiger charge is 2.26. The second-order valence-corrected chi connectivity index (χ2v) is 8.26. The number of rotatable bonds is 5. The van der Waals surface area contributed by atoms with Gasteiger partial charge in [-0.15, -0.1) is 0 Å². The third-order valence-corrected chi connectivity index (χ3v) is 6.04. The second kappa shape index (κ2) is 9.49. The van der Waals surface area contributed by atoms with E-state index < -0.39 is 11.8 Å². The van der Waals surface area contributed by atoms with Crippen LogP contribution in [-0.2, 0) is 20.7 Å². The molecule has 164 valence electrons. The molecule has 0 unspecified atom stereocenters. The first kappa shape index (κ1) is 21.3. The largest absolute Gasteiger partial charge is 0.379 e. The molecule has 2 heterocycles. The molecular weight excluding hydrogens is 392 g/mol. The molecule has 4 rings (SSSR count). The molecule has 31 heavy (non-hydrogen) atoms. The standard InChI is InChI=1S/C24H30N4O3/c1-17-4-3-5-20(14-17)26-24(30)23(29)25-16-22(28-10-12-31-13-11-28)18-6-7-21-19(15-18)8-9-27(21)2/h3-7,14-15,22H,8-13,16H2,1-2H3,(H,25,29)(H,26,30)/t22-/m0/s1. The smallest absolute Gasteiger partial charge is 0.313 e. The van der Waals surface area contributed by atoms with Gasteiger partial charge in [0.05, 0.1) is 19.3 Å². The van der Waals surface area contributed by atoms with Crippen LogP contribution in [0.25, 0.3) is 0 Å². The summed E-state index contributed by atoms with van der Waals surface area (Å²) in [6.07, 6.45) is 1.03. The monoisotopic (exact) mass is 422 g/mol. The number of hydrogen-bond donors (Lipinski definition) is 2. The SMILES string of the molecule is Cc1cccc(NC(=O)C(=O)NC[C@@H](c2ccc3c(c2)CCN3C)N2CCOCC2)c1. The van der Waals surface area contributed by atoms with Crippen molar-refractivity contribution in [2.75, 3.05) is 56.7 Å². The van der Waals surface area contributed by atoms with Crippen LogP contribution in [0, 0.1) is 6.92 Å². The lowest BCUT2D eigenvalue weighted by Gasteiger charge is -2.35. The van der Waals surface area contributed by atoms with Gasteiger partial charge in [-0.3, -0.25) is 14.5 Å². The van der Waals surface area contributed by atoms with Crippen molar-refractivity contribution in [2.24, 2.45) is 0 Å². The van der Waals surface area contributed by atoms with Crippen LogP contribution in [0.2, 0.25) is 0 Å². The van der Waals surface area contributed by atoms with Crippen LogP contribution in [0.4, 0.5) is 11.4 Å². The van der Waals surface area contributed by atoms with Gasteiger partial charge in [0.2, 0.25) is 0 Å². The van der Waals surface area contributed by atoms with Crippen molar-refractivity contribution in [3.05, 3.63) is 59.2 Å². The molecular formula is C24H30N4O3. The van der Waals surface area contributed by atoms with Gasteiger partial charge >= 0.3 is 11.8 Å². The minimum atomic E-state index is -0.651. The fraction of sp³-hybridized carbons (Fsp3) is 0.417. The van der Waals surface area contributed by atoms with E-state index in [9.17, 15) is 9.59 Å². The molecule has 2 aromatic rings. The lowest BCUT2D eigenvalue weighted by Crippen LogP contribution is -2.45. The first-order valence-corrected chi connectivity index (χ1v) is 10.8. The normalized spacial score (nSPS) is 17.2. The highest BCUT2D eigenvalue weighted by molar-refractivity contribution is 6.39. The second-order valence-electron chi connectivity index (χ2n) is 8.26. The van der Waals surface area contributed by atoms with Crippen molar-refractivity contribution in [3.63, 3.8) is 0 Å². The molecule has 2 aromatic carbocycles. The van der Waals surface area contributed by atoms with Gasteiger partial charge in [0.25, 0.3) is 0 Å². The molecule has 7 nitrogen and oxygen atoms in total. The van der Waals surface area contributed by atoms with Gasteiger partial charge < -0.3 is 20.3 Å². The summed E-state index contributed by atoms with van der Waals surface area (Å²) in [6.45, 7) is 6.28. The number of morpholine rings is 1. The Hall–Kier alpha value is -2.90. The quantitative estimate of drug-likeness (QED) is 0.722. The molecule has 1 atom stereocenters. The Balaban J connectivity index is 1.45. The summed E-state index contributed by atoms with van der Waals surface area (Å²) in [4.78, 5) is 29.5. The van der Waals surface area contributed by atoms with E-state index in [0.29, 0.717) is 25.4 Å². The Morgan fingerprint density at radius 3 is 2.65 bits per heavy atom. The number of carbonyl (C=O) groups is 2. The molecule has 0 bridgehead atoms. The van der Waals surface area contributed by atoms with Gasteiger partial charge in [0.1, 0.15) is 0 Å². The maximum absolute atomic E-state index is 12.5. The van der Waals surface area contributed by atoms with Gasteiger partial charge in [-0.25, -0.2) is 0 Å². The lowest BCUT2D eigenvalue weighted by atomic mass is 10.0. The van der Waals surface area contributed by atoms with E-state index in [1.807, 2.05) is 25.1 Å². The van der Waals surface area contributed by atoms with E-state index in [4.69, 9.17) is 4.74 Å². The van der Waals surface area contributed by atoms with Gasteiger partial charge in [0, 0.05) is 44.6 Å². The van der Waals surface area contributed by atoms with Crippen LogP contribution in [0.1, 0.15) is 22.7 Å². The third kappa shape index (κ3) is 5.06. The number of hydrogen-bond acceptors (Lipinski definition) is 5. The summed E-state index contributed by atoms with van der Waals surface area (Å²) in [5, 5.41) is 5.52. The number of likely N-dealkylation sites (N-methyl/N-ethyl adjacent to an activating group) is 1. The number of carbonyl (C=O) groups excluding carboxylic acids is 2. The summed E-state index contributed by atoms with van der Waals surface area (Å²) < 4.78 is 5.51. The fourth-order valence-electron chi connectivity index (χ4n) is 4.32. The van der Waals surface area contributed by atoms with Gasteiger partial charge in [-0.05, 0) is 48.2 Å². The maximum Gasteiger partial charge on any atom is 0.313 e. The Labute approximate surface area is 183 Å². The van der Waals surface area contributed by atoms with E-state index in [1.54, 1.807) is 6.07 Å². The topological polar surface area (TPSA) is 73.9 Å². The Morgan fingerprint density at radius 1 is 1.06 bits per heavy atom. The van der Waals surface area contributed by atoms with Crippen molar-refractivity contribution in [1.29, 1.82) is 0 Å². The molecule has 0 aromatic heterocycles. The summed E-state index contributed by atoms with van der Waals surface area (Å²) in [5.74, 6) is -1.28. The first-order chi connectivity index (χ1) is 15.0. The zero-order chi connectivity index (χ0) is 21.8. The van der Waals surface area contributed by atoms with E-state index in [2.05, 4.69) is 45.7 Å². The Bertz CT molecular complexity index is 956. The summed E-state index contributed by atoms with van der Waals surface area (Å²) >= 11 is 0. The van der Waals surface area contributed by atoms with Crippen molar-refractivity contribution in [3.8, 4) is 0 Å². The predicted octanol–water partition coefficient (Wildman–Crippen LogP) is 2.12. The van der Waals surface area contributed by atoms with Crippen molar-refractivity contribution >= 4 is 23.2 Å². The molecule has 0 radical (unpaired) electrons. The molecule has 2 aliphatic heterocycles. The van der Waals surface area contributed by atoms with Gasteiger partial charge in [-0.1, -0.05) is 24.3 Å². The van der Waals surface area contributed by atoms with Crippen molar-refractivity contribution in [1.82, 2.24) is 10.2 Å². The molecule has 0 spiro atoms. The summed E-state index contributed by atoms with van der Waals surface area (Å²) in [5.41, 5.74) is 5.41. The van der Waals surface area contributed by atoms with E-state index in [0.717, 1.165) is 37.2 Å². The summed E-state index contributed by atoms with van der Waals surface area (Å²) in [7, 11) is 2.11. The highest BCUT2D eigenvalue weighted by Crippen LogP contribution is 2.31. The number of aryl methyl sites for hydroxylation is 1. The molecule has 2 amide bonds. The van der Waals surface area contributed by atoms with Gasteiger partial charge in [-0.2, -0.15) is 0 Å². The maximum atomic E-state index is 12.5. The molecule has 2 aliphatic rings. The zero-order valence-electron chi connectivity index (χ0n) is 18.2. The number of nitrogens with one attached hydrogen (secondary N) is 2. The molecule has 0 aliphatic carbocycles. The fourth-order valence-corrected chi connectivity index (χ4v) is 4.32. The van der Waals surface area contributed by atoms with Crippen LogP contribution < -0.4 is 15.5 Å². The van der Waals surface area contributed by atoms with Gasteiger partial charge in [0.15, 0.2) is 0 Å². The van der Waals surface area contributed by atoms with E-state index in [-0.39, 0.29) is 6.04 Å². The van der Waals surface area contributed by atoms with Crippen molar-refractivity contribution < 1.29 is 14.3 Å². The third-order valence-electron chi connectivity index (χ3n) is 6.04. The van der Waals surface area contributed by atoms with Crippen LogP contribution in [0.15, 0.2) is 42.5 Å². The minimum Gasteiger partial charge on any atom is -0.379 e. The van der Waals surface area contributed by atoms with Crippen LogP contribution >= 0.6 is 0 Å². The highest BCUT2D eigenvalue weighted by atomic mass is 16.5. The lowest BCUT2D eigenvalue weighted by molar-refractivity contribution is -0.136. The van der Waals surface area contributed by atoms with Crippen LogP contribution in [0.5, 0.6) is 0 Å². The number of nitrogens with zero attached hydrogens (tertiary/aromatic N) is 2. The number of benzene rings is 2. The van der Waals surface area contributed by atoms with Crippen LogP contribution in [-0.4, -0.2) is 63.2 Å². The minimum absolute atomic E-state index is 0.00386. The zero-order valence-corrected chi connectivity index (χ0v) is 18.2. The number of amides is 2. The average Bonchev–Trinajstić information content (AvgIpc) is 3.14. The van der Waals surface area contributed by atoms with Crippen LogP contribution in [0.3, 0.4) is 0 Å². The number of ether oxygens (including phenoxy) is 1. The van der Waals surface area contributed by atoms with E-state index >= 15 is 0 Å². The average molecular weight is 423 g/mol. The molecule has 1 fully saturated rings.